The lowest BCUT2D eigenvalue weighted by molar-refractivity contribution is 0.490. The van der Waals surface area contributed by atoms with Gasteiger partial charge in [0.2, 0.25) is 5.78 Å². The molecule has 0 saturated heterocycles. The number of furan rings is 1. The van der Waals surface area contributed by atoms with E-state index in [1.165, 1.54) is 15.8 Å². The van der Waals surface area contributed by atoms with Crippen LogP contribution in [0.25, 0.3) is 76.3 Å². The standard InChI is InChI=1S/C43H35N5O2S/c1-42(2,3)24-16-18-44-29(20-24)27-23-34(40-38-37-33(50-39(27)38)12-9-13-35(37)51-40)49-26-14-15-31-32(22-26)48(36-21-25(17-19-45-36)43(4,5)6)41-46-28-10-7-8-11-30(28)47(31)41/h7-23H,1-6H3. The fourth-order valence-electron chi connectivity index (χ4n) is 7.32. The summed E-state index contributed by atoms with van der Waals surface area (Å²) in [6.45, 7) is 13.3. The number of para-hydroxylation sites is 2. The first-order valence-electron chi connectivity index (χ1n) is 17.3. The number of hydrogen-bond donors (Lipinski definition) is 0. The van der Waals surface area contributed by atoms with E-state index in [0.29, 0.717) is 0 Å². The van der Waals surface area contributed by atoms with Gasteiger partial charge < -0.3 is 9.15 Å². The van der Waals surface area contributed by atoms with Crippen LogP contribution in [-0.2, 0) is 10.8 Å². The summed E-state index contributed by atoms with van der Waals surface area (Å²) in [5.74, 6) is 3.11. The van der Waals surface area contributed by atoms with E-state index >= 15 is 0 Å². The highest BCUT2D eigenvalue weighted by atomic mass is 32.1. The fraction of sp³-hybridized carbons (Fsp3) is 0.186. The molecule has 250 valence electrons. The number of nitrogens with zero attached hydrogens (tertiary/aromatic N) is 5. The molecule has 0 atom stereocenters. The third kappa shape index (κ3) is 4.52. The summed E-state index contributed by atoms with van der Waals surface area (Å²) >= 11 is 1.73. The molecule has 6 aromatic heterocycles. The maximum Gasteiger partial charge on any atom is 0.221 e. The molecule has 0 spiro atoms. The van der Waals surface area contributed by atoms with Crippen molar-refractivity contribution in [3.8, 4) is 28.6 Å². The van der Waals surface area contributed by atoms with Gasteiger partial charge in [0.15, 0.2) is 0 Å². The van der Waals surface area contributed by atoms with Crippen LogP contribution in [0.5, 0.6) is 11.5 Å². The van der Waals surface area contributed by atoms with Gasteiger partial charge in [-0.3, -0.25) is 14.0 Å². The largest absolute Gasteiger partial charge is 0.456 e. The fourth-order valence-corrected chi connectivity index (χ4v) is 8.49. The zero-order valence-corrected chi connectivity index (χ0v) is 30.1. The number of ether oxygens (including phenoxy) is 1. The Balaban J connectivity index is 1.20. The average molecular weight is 686 g/mol. The van der Waals surface area contributed by atoms with Crippen molar-refractivity contribution in [2.45, 2.75) is 52.4 Å². The number of imidazole rings is 2. The van der Waals surface area contributed by atoms with Gasteiger partial charge in [-0.15, -0.1) is 11.3 Å². The van der Waals surface area contributed by atoms with E-state index in [2.05, 4.69) is 123 Å². The Morgan fingerprint density at radius 1 is 0.706 bits per heavy atom. The van der Waals surface area contributed by atoms with Gasteiger partial charge in [0.05, 0.1) is 37.8 Å². The van der Waals surface area contributed by atoms with Gasteiger partial charge >= 0.3 is 0 Å². The number of rotatable bonds is 4. The number of benzene rings is 4. The highest BCUT2D eigenvalue weighted by Crippen LogP contribution is 2.50. The lowest BCUT2D eigenvalue weighted by Gasteiger charge is -2.19. The molecule has 0 aliphatic heterocycles. The summed E-state index contributed by atoms with van der Waals surface area (Å²) in [5, 5.41) is 2.21. The quantitative estimate of drug-likeness (QED) is 0.184. The third-order valence-corrected chi connectivity index (χ3v) is 11.2. The molecule has 0 aliphatic carbocycles. The number of fused-ring (bicyclic) bond motifs is 5. The van der Waals surface area contributed by atoms with Gasteiger partial charge in [-0.1, -0.05) is 59.7 Å². The van der Waals surface area contributed by atoms with Crippen molar-refractivity contribution in [1.82, 2.24) is 23.9 Å². The lowest BCUT2D eigenvalue weighted by Crippen LogP contribution is -2.12. The summed E-state index contributed by atoms with van der Waals surface area (Å²) < 4.78 is 20.1. The molecule has 0 radical (unpaired) electrons. The summed E-state index contributed by atoms with van der Waals surface area (Å²) in [6, 6.07) is 31.4. The predicted molar refractivity (Wildman–Crippen MR) is 208 cm³/mol. The number of hydrogen-bond acceptors (Lipinski definition) is 6. The first-order valence-corrected chi connectivity index (χ1v) is 18.1. The van der Waals surface area contributed by atoms with Gasteiger partial charge in [-0.05, 0) is 88.7 Å². The van der Waals surface area contributed by atoms with Crippen molar-refractivity contribution in [3.05, 3.63) is 115 Å². The number of pyridine rings is 2. The molecule has 10 rings (SSSR count). The lowest BCUT2D eigenvalue weighted by atomic mass is 9.87. The summed E-state index contributed by atoms with van der Waals surface area (Å²) in [4.78, 5) is 14.8. The van der Waals surface area contributed by atoms with Crippen molar-refractivity contribution in [2.24, 2.45) is 0 Å². The van der Waals surface area contributed by atoms with E-state index in [9.17, 15) is 0 Å². The molecule has 0 saturated carbocycles. The molecule has 4 aromatic carbocycles. The number of thiophene rings is 1. The molecule has 0 bridgehead atoms. The zero-order chi connectivity index (χ0) is 34.8. The van der Waals surface area contributed by atoms with Gasteiger partial charge in [0.1, 0.15) is 28.5 Å². The van der Waals surface area contributed by atoms with Gasteiger partial charge in [0, 0.05) is 34.1 Å². The van der Waals surface area contributed by atoms with E-state index in [1.807, 2.05) is 30.6 Å². The van der Waals surface area contributed by atoms with E-state index < -0.39 is 0 Å². The molecular formula is C43H35N5O2S. The Kier molecular flexibility index (Phi) is 6.14. The van der Waals surface area contributed by atoms with Crippen LogP contribution < -0.4 is 4.74 Å². The highest BCUT2D eigenvalue weighted by molar-refractivity contribution is 7.26. The maximum absolute atomic E-state index is 6.96. The predicted octanol–water partition coefficient (Wildman–Crippen LogP) is 11.8. The molecule has 0 N–H and O–H groups in total. The highest BCUT2D eigenvalue weighted by Gasteiger charge is 2.26. The minimum absolute atomic E-state index is 0.0301. The van der Waals surface area contributed by atoms with Crippen LogP contribution in [0.1, 0.15) is 52.7 Å². The average Bonchev–Trinajstić information content (AvgIpc) is 3.87. The van der Waals surface area contributed by atoms with E-state index in [1.54, 1.807) is 11.3 Å². The second-order valence-electron chi connectivity index (χ2n) is 15.4. The van der Waals surface area contributed by atoms with Crippen LogP contribution in [0.4, 0.5) is 0 Å². The van der Waals surface area contributed by atoms with Crippen LogP contribution in [-0.4, -0.2) is 23.9 Å². The second kappa shape index (κ2) is 10.4. The molecule has 10 aromatic rings. The summed E-state index contributed by atoms with van der Waals surface area (Å²) in [6.07, 6.45) is 3.78. The Morgan fingerprint density at radius 3 is 2.31 bits per heavy atom. The normalized spacial score (nSPS) is 12.9. The van der Waals surface area contributed by atoms with Crippen molar-refractivity contribution in [3.63, 3.8) is 0 Å². The van der Waals surface area contributed by atoms with Crippen molar-refractivity contribution < 1.29 is 9.15 Å². The topological polar surface area (TPSA) is 70.4 Å². The van der Waals surface area contributed by atoms with E-state index in [-0.39, 0.29) is 10.8 Å². The second-order valence-corrected chi connectivity index (χ2v) is 16.5. The van der Waals surface area contributed by atoms with E-state index in [0.717, 1.165) is 83.1 Å². The van der Waals surface area contributed by atoms with Gasteiger partial charge in [-0.2, -0.15) is 0 Å². The van der Waals surface area contributed by atoms with Gasteiger partial charge in [0.25, 0.3) is 0 Å². The first kappa shape index (κ1) is 30.1. The molecule has 0 aliphatic rings. The summed E-state index contributed by atoms with van der Waals surface area (Å²) in [5.41, 5.74) is 9.79. The Morgan fingerprint density at radius 2 is 1.49 bits per heavy atom. The SMILES string of the molecule is CC(C)(C)c1ccnc(-c2cc(Oc3ccc4c(c3)n(-c3cc(C(C)(C)C)ccn3)c3nc5ccccc5n43)c3sc4cccc5oc2c3c54)c1. The molecule has 0 amide bonds. The molecule has 6 heterocycles. The van der Waals surface area contributed by atoms with Crippen molar-refractivity contribution in [1.29, 1.82) is 0 Å². The molecule has 8 heteroatoms. The Bertz CT molecular complexity index is 2980. The third-order valence-electron chi connectivity index (χ3n) is 10.0. The Labute approximate surface area is 298 Å². The molecular weight excluding hydrogens is 651 g/mol. The maximum atomic E-state index is 6.96. The van der Waals surface area contributed by atoms with Crippen LogP contribution in [0.2, 0.25) is 0 Å². The molecule has 0 fully saturated rings. The first-order chi connectivity index (χ1) is 24.5. The molecule has 51 heavy (non-hydrogen) atoms. The smallest absolute Gasteiger partial charge is 0.221 e. The van der Waals surface area contributed by atoms with Crippen LogP contribution in [0.3, 0.4) is 0 Å². The van der Waals surface area contributed by atoms with Crippen molar-refractivity contribution in [2.75, 3.05) is 0 Å². The minimum Gasteiger partial charge on any atom is -0.456 e. The monoisotopic (exact) mass is 685 g/mol. The van der Waals surface area contributed by atoms with E-state index in [4.69, 9.17) is 24.1 Å². The van der Waals surface area contributed by atoms with Crippen molar-refractivity contribution >= 4 is 70.5 Å². The summed E-state index contributed by atoms with van der Waals surface area (Å²) in [7, 11) is 0. The van der Waals surface area contributed by atoms with Gasteiger partial charge in [-0.25, -0.2) is 9.97 Å². The van der Waals surface area contributed by atoms with Crippen LogP contribution in [0, 0.1) is 0 Å². The molecule has 7 nitrogen and oxygen atoms in total. The molecule has 0 unspecified atom stereocenters. The Hall–Kier alpha value is -5.73. The van der Waals surface area contributed by atoms with Crippen LogP contribution in [0.15, 0.2) is 108 Å². The number of aromatic nitrogens is 5. The van der Waals surface area contributed by atoms with Crippen LogP contribution >= 0.6 is 11.3 Å². The minimum atomic E-state index is -0.0423. The zero-order valence-electron chi connectivity index (χ0n) is 29.3.